The van der Waals surface area contributed by atoms with Gasteiger partial charge < -0.3 is 14.6 Å². The third-order valence-electron chi connectivity index (χ3n) is 2.07. The van der Waals surface area contributed by atoms with Crippen LogP contribution in [0.3, 0.4) is 0 Å². The van der Waals surface area contributed by atoms with Crippen molar-refractivity contribution < 1.29 is 19.4 Å². The zero-order valence-electron chi connectivity index (χ0n) is 8.27. The normalized spacial score (nSPS) is 14.7. The van der Waals surface area contributed by atoms with Crippen LogP contribution in [0.15, 0.2) is 24.3 Å². The summed E-state index contributed by atoms with van der Waals surface area (Å²) in [6.45, 7) is 1.00. The third kappa shape index (κ3) is 2.28. The monoisotopic (exact) mass is 240 g/mol. The summed E-state index contributed by atoms with van der Waals surface area (Å²) >= 11 is 5.83. The number of halogens is 1. The van der Waals surface area contributed by atoms with Gasteiger partial charge in [-0.3, -0.25) is 0 Å². The van der Waals surface area contributed by atoms with Crippen LogP contribution in [-0.2, 0) is 4.79 Å². The fourth-order valence-corrected chi connectivity index (χ4v) is 1.59. The molecule has 84 valence electrons. The minimum absolute atomic E-state index is 0.157. The largest absolute Gasteiger partial charge is 0.486 e. The molecule has 0 unspecified atom stereocenters. The van der Waals surface area contributed by atoms with Gasteiger partial charge in [0, 0.05) is 6.08 Å². The number of hydrogen-bond acceptors (Lipinski definition) is 3. The van der Waals surface area contributed by atoms with Crippen molar-refractivity contribution in [2.24, 2.45) is 0 Å². The van der Waals surface area contributed by atoms with E-state index in [0.717, 1.165) is 6.08 Å². The lowest BCUT2D eigenvalue weighted by Gasteiger charge is -2.18. The van der Waals surface area contributed by atoms with Crippen LogP contribution in [0.25, 0.3) is 5.03 Å². The predicted molar refractivity (Wildman–Crippen MR) is 58.9 cm³/mol. The van der Waals surface area contributed by atoms with Crippen LogP contribution >= 0.6 is 11.6 Å². The van der Waals surface area contributed by atoms with E-state index in [2.05, 4.69) is 0 Å². The number of benzene rings is 1. The lowest BCUT2D eigenvalue weighted by molar-refractivity contribution is -0.131. The molecule has 0 atom stereocenters. The van der Waals surface area contributed by atoms with Crippen LogP contribution in [0, 0.1) is 0 Å². The number of aliphatic carboxylic acids is 1. The second kappa shape index (κ2) is 4.45. The SMILES string of the molecule is O=C(O)/C=C(/Cl)c1ccc2c(c1)OCCO2. The van der Waals surface area contributed by atoms with Gasteiger partial charge in [-0.25, -0.2) is 4.79 Å². The zero-order chi connectivity index (χ0) is 11.5. The van der Waals surface area contributed by atoms with Gasteiger partial charge in [0.2, 0.25) is 0 Å². The first kappa shape index (κ1) is 10.8. The predicted octanol–water partition coefficient (Wildman–Crippen LogP) is 2.12. The molecule has 1 aliphatic rings. The number of rotatable bonds is 2. The van der Waals surface area contributed by atoms with E-state index in [1.54, 1.807) is 18.2 Å². The van der Waals surface area contributed by atoms with E-state index in [-0.39, 0.29) is 5.03 Å². The summed E-state index contributed by atoms with van der Waals surface area (Å²) in [5, 5.41) is 8.72. The van der Waals surface area contributed by atoms with Gasteiger partial charge in [0.05, 0.1) is 5.03 Å². The summed E-state index contributed by atoms with van der Waals surface area (Å²) in [7, 11) is 0. The topological polar surface area (TPSA) is 55.8 Å². The van der Waals surface area contributed by atoms with E-state index in [1.165, 1.54) is 0 Å². The highest BCUT2D eigenvalue weighted by atomic mass is 35.5. The van der Waals surface area contributed by atoms with Crippen molar-refractivity contribution >= 4 is 22.6 Å². The summed E-state index contributed by atoms with van der Waals surface area (Å²) in [6.07, 6.45) is 0.937. The van der Waals surface area contributed by atoms with Crippen LogP contribution in [0.1, 0.15) is 5.56 Å². The van der Waals surface area contributed by atoms with E-state index >= 15 is 0 Å². The molecule has 0 radical (unpaired) electrons. The van der Waals surface area contributed by atoms with E-state index < -0.39 is 5.97 Å². The Morgan fingerprint density at radius 1 is 1.31 bits per heavy atom. The van der Waals surface area contributed by atoms with Gasteiger partial charge in [-0.15, -0.1) is 0 Å². The first-order valence-electron chi connectivity index (χ1n) is 4.67. The number of hydrogen-bond donors (Lipinski definition) is 1. The van der Waals surface area contributed by atoms with Crippen LogP contribution < -0.4 is 9.47 Å². The molecular weight excluding hydrogens is 232 g/mol. The average molecular weight is 241 g/mol. The molecule has 0 bridgehead atoms. The molecule has 1 aromatic rings. The number of carboxylic acid groups (broad SMARTS) is 1. The summed E-state index contributed by atoms with van der Waals surface area (Å²) in [4.78, 5) is 10.5. The standard InChI is InChI=1S/C11H9ClO4/c12-8(6-11(13)14)7-1-2-9-10(5-7)16-4-3-15-9/h1-2,5-6H,3-4H2,(H,13,14)/b8-6+. The smallest absolute Gasteiger partial charge is 0.329 e. The molecule has 0 spiro atoms. The molecule has 5 heteroatoms. The highest BCUT2D eigenvalue weighted by molar-refractivity contribution is 6.50. The zero-order valence-corrected chi connectivity index (χ0v) is 9.03. The molecule has 0 fully saturated rings. The van der Waals surface area contributed by atoms with Crippen LogP contribution in [0.2, 0.25) is 0 Å². The first-order chi connectivity index (χ1) is 7.66. The Morgan fingerprint density at radius 2 is 2.00 bits per heavy atom. The van der Waals surface area contributed by atoms with Crippen LogP contribution in [0.4, 0.5) is 0 Å². The Morgan fingerprint density at radius 3 is 2.69 bits per heavy atom. The molecular formula is C11H9ClO4. The van der Waals surface area contributed by atoms with Crippen molar-refractivity contribution in [2.45, 2.75) is 0 Å². The van der Waals surface area contributed by atoms with Crippen molar-refractivity contribution in [1.29, 1.82) is 0 Å². The number of ether oxygens (including phenoxy) is 2. The maximum Gasteiger partial charge on any atom is 0.329 e. The van der Waals surface area contributed by atoms with Crippen molar-refractivity contribution in [3.05, 3.63) is 29.8 Å². The molecule has 1 aliphatic heterocycles. The molecule has 1 N–H and O–H groups in total. The highest BCUT2D eigenvalue weighted by Gasteiger charge is 2.12. The Kier molecular flexibility index (Phi) is 3.01. The van der Waals surface area contributed by atoms with E-state index in [4.69, 9.17) is 26.2 Å². The van der Waals surface area contributed by atoms with Gasteiger partial charge in [0.25, 0.3) is 0 Å². The maximum atomic E-state index is 10.5. The van der Waals surface area contributed by atoms with Crippen molar-refractivity contribution in [3.63, 3.8) is 0 Å². The minimum atomic E-state index is -1.08. The second-order valence-electron chi connectivity index (χ2n) is 3.19. The summed E-state index contributed by atoms with van der Waals surface area (Å²) in [5.74, 6) is 0.148. The molecule has 0 saturated heterocycles. The fourth-order valence-electron chi connectivity index (χ4n) is 1.38. The Balaban J connectivity index is 2.33. The van der Waals surface area contributed by atoms with Gasteiger partial charge >= 0.3 is 5.97 Å². The van der Waals surface area contributed by atoms with Crippen molar-refractivity contribution in [1.82, 2.24) is 0 Å². The molecule has 1 aromatic carbocycles. The number of fused-ring (bicyclic) bond motifs is 1. The quantitative estimate of drug-likeness (QED) is 0.805. The van der Waals surface area contributed by atoms with E-state index in [0.29, 0.717) is 30.3 Å². The summed E-state index contributed by atoms with van der Waals surface area (Å²) < 4.78 is 10.7. The molecule has 0 amide bonds. The number of carboxylic acids is 1. The lowest BCUT2D eigenvalue weighted by Crippen LogP contribution is -2.15. The summed E-state index contributed by atoms with van der Waals surface area (Å²) in [6, 6.07) is 5.06. The second-order valence-corrected chi connectivity index (χ2v) is 3.60. The fraction of sp³-hybridized carbons (Fsp3) is 0.182. The van der Waals surface area contributed by atoms with Gasteiger partial charge in [-0.1, -0.05) is 11.6 Å². The van der Waals surface area contributed by atoms with Gasteiger partial charge in [-0.2, -0.15) is 0 Å². The highest BCUT2D eigenvalue weighted by Crippen LogP contribution is 2.33. The van der Waals surface area contributed by atoms with E-state index in [1.807, 2.05) is 0 Å². The number of carbonyl (C=O) groups is 1. The van der Waals surface area contributed by atoms with Gasteiger partial charge in [-0.05, 0) is 23.8 Å². The Hall–Kier alpha value is -1.68. The third-order valence-corrected chi connectivity index (χ3v) is 2.40. The molecule has 2 rings (SSSR count). The van der Waals surface area contributed by atoms with Crippen molar-refractivity contribution in [2.75, 3.05) is 13.2 Å². The summed E-state index contributed by atoms with van der Waals surface area (Å²) in [5.41, 5.74) is 0.591. The molecule has 0 saturated carbocycles. The molecule has 4 nitrogen and oxygen atoms in total. The van der Waals surface area contributed by atoms with Crippen LogP contribution in [-0.4, -0.2) is 24.3 Å². The van der Waals surface area contributed by atoms with Crippen LogP contribution in [0.5, 0.6) is 11.5 Å². The van der Waals surface area contributed by atoms with Gasteiger partial charge in [0.1, 0.15) is 13.2 Å². The molecule has 1 heterocycles. The van der Waals surface area contributed by atoms with Gasteiger partial charge in [0.15, 0.2) is 11.5 Å². The molecule has 16 heavy (non-hydrogen) atoms. The minimum Gasteiger partial charge on any atom is -0.486 e. The Bertz CT molecular complexity index is 453. The van der Waals surface area contributed by atoms with Crippen molar-refractivity contribution in [3.8, 4) is 11.5 Å². The van der Waals surface area contributed by atoms with E-state index in [9.17, 15) is 4.79 Å². The Labute approximate surface area is 97.0 Å². The molecule has 0 aromatic heterocycles. The maximum absolute atomic E-state index is 10.5. The first-order valence-corrected chi connectivity index (χ1v) is 5.05. The molecule has 0 aliphatic carbocycles. The average Bonchev–Trinajstić information content (AvgIpc) is 2.27. The lowest BCUT2D eigenvalue weighted by atomic mass is 10.2.